The van der Waals surface area contributed by atoms with Gasteiger partial charge in [-0.25, -0.2) is 4.98 Å². The summed E-state index contributed by atoms with van der Waals surface area (Å²) in [5.74, 6) is 0.153. The van der Waals surface area contributed by atoms with Crippen molar-refractivity contribution in [2.45, 2.75) is 31.6 Å². The van der Waals surface area contributed by atoms with Crippen LogP contribution < -0.4 is 5.56 Å². The van der Waals surface area contributed by atoms with Gasteiger partial charge in [0.15, 0.2) is 5.79 Å². The Kier molecular flexibility index (Phi) is 3.97. The number of pyridine rings is 1. The van der Waals surface area contributed by atoms with Crippen molar-refractivity contribution in [2.75, 3.05) is 13.2 Å². The number of benzene rings is 1. The normalized spacial score (nSPS) is 18.0. The molecule has 7 nitrogen and oxygen atoms in total. The lowest BCUT2D eigenvalue weighted by molar-refractivity contribution is -0.165. The van der Waals surface area contributed by atoms with E-state index in [1.807, 2.05) is 12.1 Å². The number of aryl methyl sites for hydroxylation is 1. The first-order chi connectivity index (χ1) is 13.7. The summed E-state index contributed by atoms with van der Waals surface area (Å²) in [6, 6.07) is 11.1. The minimum atomic E-state index is -0.590. The van der Waals surface area contributed by atoms with E-state index in [4.69, 9.17) is 14.5 Å². The zero-order chi connectivity index (χ0) is 19.1. The fourth-order valence-electron chi connectivity index (χ4n) is 4.06. The molecule has 1 spiro atoms. The lowest BCUT2D eigenvalue weighted by Gasteiger charge is -2.24. The van der Waals surface area contributed by atoms with Crippen molar-refractivity contribution in [3.8, 4) is 17.3 Å². The van der Waals surface area contributed by atoms with Gasteiger partial charge in [0.25, 0.3) is 5.56 Å². The van der Waals surface area contributed by atoms with E-state index >= 15 is 0 Å². The minimum absolute atomic E-state index is 0.0527. The van der Waals surface area contributed by atoms with Crippen LogP contribution in [-0.4, -0.2) is 33.5 Å². The number of nitrogens with zero attached hydrogens (tertiary/aromatic N) is 4. The summed E-state index contributed by atoms with van der Waals surface area (Å²) < 4.78 is 13.4. The molecule has 0 amide bonds. The van der Waals surface area contributed by atoms with Gasteiger partial charge in [-0.15, -0.1) is 0 Å². The molecule has 28 heavy (non-hydrogen) atoms. The zero-order valence-electron chi connectivity index (χ0n) is 15.2. The molecule has 2 aliphatic rings. The molecule has 7 heteroatoms. The summed E-state index contributed by atoms with van der Waals surface area (Å²) in [6.45, 7) is 1.71. The number of hydrogen-bond acceptors (Lipinski definition) is 6. The molecule has 0 unspecified atom stereocenters. The summed E-state index contributed by atoms with van der Waals surface area (Å²) in [7, 11) is 0. The van der Waals surface area contributed by atoms with E-state index < -0.39 is 5.79 Å². The fraction of sp³-hybridized carbons (Fsp3) is 0.333. The Morgan fingerprint density at radius 2 is 2.04 bits per heavy atom. The lowest BCUT2D eigenvalue weighted by atomic mass is 10.0. The van der Waals surface area contributed by atoms with Crippen LogP contribution in [0.5, 0.6) is 0 Å². The zero-order valence-corrected chi connectivity index (χ0v) is 15.2. The largest absolute Gasteiger partial charge is 0.347 e. The maximum atomic E-state index is 13.1. The van der Waals surface area contributed by atoms with Gasteiger partial charge in [-0.3, -0.25) is 14.3 Å². The fourth-order valence-corrected chi connectivity index (χ4v) is 4.06. The van der Waals surface area contributed by atoms with Crippen molar-refractivity contribution < 1.29 is 9.47 Å². The third-order valence-corrected chi connectivity index (χ3v) is 5.50. The van der Waals surface area contributed by atoms with E-state index in [0.717, 1.165) is 11.4 Å². The molecule has 2 aliphatic heterocycles. The van der Waals surface area contributed by atoms with Gasteiger partial charge < -0.3 is 9.47 Å². The van der Waals surface area contributed by atoms with Gasteiger partial charge in [0.2, 0.25) is 0 Å². The molecule has 0 saturated carbocycles. The molecule has 0 bridgehead atoms. The molecule has 4 heterocycles. The van der Waals surface area contributed by atoms with Crippen LogP contribution in [0.2, 0.25) is 0 Å². The van der Waals surface area contributed by atoms with Crippen LogP contribution in [0.15, 0.2) is 41.3 Å². The highest BCUT2D eigenvalue weighted by atomic mass is 16.7. The summed E-state index contributed by atoms with van der Waals surface area (Å²) in [5, 5.41) is 9.91. The second-order valence-corrected chi connectivity index (χ2v) is 7.09. The van der Waals surface area contributed by atoms with E-state index in [1.165, 1.54) is 0 Å². The molecule has 140 valence electrons. The van der Waals surface area contributed by atoms with Crippen LogP contribution in [0.25, 0.3) is 22.2 Å². The maximum Gasteiger partial charge on any atom is 0.261 e. The SMILES string of the molecule is N#Cc1cccnc1-c1ccc2c(=O)n3c(nc2c1)CCC1(CC3)OCCO1. The second kappa shape index (κ2) is 6.51. The highest BCUT2D eigenvalue weighted by Gasteiger charge is 2.38. The quantitative estimate of drug-likeness (QED) is 0.650. The topological polar surface area (TPSA) is 90.0 Å². The second-order valence-electron chi connectivity index (χ2n) is 7.09. The molecule has 0 aliphatic carbocycles. The van der Waals surface area contributed by atoms with Crippen LogP contribution >= 0.6 is 0 Å². The number of nitriles is 1. The van der Waals surface area contributed by atoms with Crippen molar-refractivity contribution in [3.05, 3.63) is 58.3 Å². The van der Waals surface area contributed by atoms with Gasteiger partial charge in [0.1, 0.15) is 11.9 Å². The van der Waals surface area contributed by atoms with Crippen LogP contribution in [-0.2, 0) is 22.4 Å². The van der Waals surface area contributed by atoms with E-state index in [9.17, 15) is 10.1 Å². The molecule has 0 atom stereocenters. The molecule has 5 rings (SSSR count). The molecule has 0 N–H and O–H groups in total. The first-order valence-corrected chi connectivity index (χ1v) is 9.36. The number of aromatic nitrogens is 3. The van der Waals surface area contributed by atoms with Crippen LogP contribution in [0.4, 0.5) is 0 Å². The van der Waals surface area contributed by atoms with Crippen molar-refractivity contribution >= 4 is 10.9 Å². The Balaban J connectivity index is 1.61. The Hall–Kier alpha value is -3.08. The molecular formula is C21H18N4O3. The minimum Gasteiger partial charge on any atom is -0.347 e. The van der Waals surface area contributed by atoms with Gasteiger partial charge >= 0.3 is 0 Å². The molecule has 3 aromatic rings. The van der Waals surface area contributed by atoms with Gasteiger partial charge in [-0.05, 0) is 24.3 Å². The number of rotatable bonds is 1. The van der Waals surface area contributed by atoms with Crippen LogP contribution in [0, 0.1) is 11.3 Å². The van der Waals surface area contributed by atoms with Crippen molar-refractivity contribution in [2.24, 2.45) is 0 Å². The number of hydrogen-bond donors (Lipinski definition) is 0. The van der Waals surface area contributed by atoms with Crippen molar-refractivity contribution in [1.82, 2.24) is 14.5 Å². The third-order valence-electron chi connectivity index (χ3n) is 5.50. The monoisotopic (exact) mass is 374 g/mol. The maximum absolute atomic E-state index is 13.1. The van der Waals surface area contributed by atoms with Gasteiger partial charge in [0.05, 0.1) is 35.4 Å². The lowest BCUT2D eigenvalue weighted by Crippen LogP contribution is -2.31. The van der Waals surface area contributed by atoms with E-state index in [-0.39, 0.29) is 5.56 Å². The third kappa shape index (κ3) is 2.70. The van der Waals surface area contributed by atoms with Crippen LogP contribution in [0.3, 0.4) is 0 Å². The number of ether oxygens (including phenoxy) is 2. The van der Waals surface area contributed by atoms with Gasteiger partial charge in [0, 0.05) is 37.6 Å². The van der Waals surface area contributed by atoms with Crippen LogP contribution in [0.1, 0.15) is 24.2 Å². The van der Waals surface area contributed by atoms with Crippen molar-refractivity contribution in [3.63, 3.8) is 0 Å². The van der Waals surface area contributed by atoms with E-state index in [0.29, 0.717) is 61.2 Å². The Morgan fingerprint density at radius 3 is 2.86 bits per heavy atom. The summed E-state index contributed by atoms with van der Waals surface area (Å²) in [5.41, 5.74) is 2.42. The molecule has 1 aromatic carbocycles. The Morgan fingerprint density at radius 1 is 1.18 bits per heavy atom. The van der Waals surface area contributed by atoms with E-state index in [2.05, 4.69) is 11.1 Å². The predicted molar refractivity (Wildman–Crippen MR) is 102 cm³/mol. The summed E-state index contributed by atoms with van der Waals surface area (Å²) in [6.07, 6.45) is 3.59. The summed E-state index contributed by atoms with van der Waals surface area (Å²) >= 11 is 0. The summed E-state index contributed by atoms with van der Waals surface area (Å²) in [4.78, 5) is 22.2. The first kappa shape index (κ1) is 17.0. The molecule has 0 radical (unpaired) electrons. The standard InChI is InChI=1S/C21H18N4O3/c22-13-15-2-1-8-23-19(15)14-3-4-16-17(12-14)24-18-5-6-21(27-10-11-28-21)7-9-25(18)20(16)26/h1-4,8,12H,5-7,9-11H2. The molecule has 2 aromatic heterocycles. The predicted octanol–water partition coefficient (Wildman–Crippen LogP) is 2.41. The van der Waals surface area contributed by atoms with E-state index in [1.54, 1.807) is 29.0 Å². The highest BCUT2D eigenvalue weighted by Crippen LogP contribution is 2.32. The Labute approximate surface area is 161 Å². The molecular weight excluding hydrogens is 356 g/mol. The average molecular weight is 374 g/mol. The van der Waals surface area contributed by atoms with Crippen molar-refractivity contribution in [1.29, 1.82) is 5.26 Å². The number of fused-ring (bicyclic) bond motifs is 2. The highest BCUT2D eigenvalue weighted by molar-refractivity contribution is 5.84. The first-order valence-electron chi connectivity index (χ1n) is 9.36. The average Bonchev–Trinajstić information content (AvgIpc) is 3.12. The van der Waals surface area contributed by atoms with Gasteiger partial charge in [-0.2, -0.15) is 5.26 Å². The molecule has 1 saturated heterocycles. The Bertz CT molecular complexity index is 1170. The molecule has 1 fully saturated rings. The van der Waals surface area contributed by atoms with Gasteiger partial charge in [-0.1, -0.05) is 6.07 Å². The smallest absolute Gasteiger partial charge is 0.261 e.